The Balaban J connectivity index is 2.63. The Morgan fingerprint density at radius 3 is 2.88 bits per heavy atom. The lowest BCUT2D eigenvalue weighted by Crippen LogP contribution is -2.05. The Morgan fingerprint density at radius 1 is 1.38 bits per heavy atom. The van der Waals surface area contributed by atoms with Crippen LogP contribution >= 0.6 is 0 Å². The molecule has 0 aliphatic heterocycles. The summed E-state index contributed by atoms with van der Waals surface area (Å²) in [6, 6.07) is 6.18. The predicted octanol–water partition coefficient (Wildman–Crippen LogP) is 1.63. The molecule has 0 aliphatic rings. The number of aliphatic hydroxyl groups is 1. The van der Waals surface area contributed by atoms with E-state index in [0.29, 0.717) is 5.82 Å². The third-order valence-corrected chi connectivity index (χ3v) is 2.70. The summed E-state index contributed by atoms with van der Waals surface area (Å²) in [5.41, 5.74) is 3.47. The van der Waals surface area contributed by atoms with Crippen molar-refractivity contribution in [1.82, 2.24) is 14.8 Å². The van der Waals surface area contributed by atoms with E-state index in [2.05, 4.69) is 36.2 Å². The van der Waals surface area contributed by atoms with Gasteiger partial charge in [0.15, 0.2) is 5.82 Å². The van der Waals surface area contributed by atoms with Gasteiger partial charge in [0.1, 0.15) is 12.9 Å². The van der Waals surface area contributed by atoms with E-state index in [1.54, 1.807) is 6.33 Å². The lowest BCUT2D eigenvalue weighted by Gasteiger charge is -2.13. The average molecular weight is 217 g/mol. The fourth-order valence-corrected chi connectivity index (χ4v) is 1.90. The Kier molecular flexibility index (Phi) is 3.01. The minimum Gasteiger partial charge on any atom is -0.388 e. The fourth-order valence-electron chi connectivity index (χ4n) is 1.90. The molecule has 1 N–H and O–H groups in total. The largest absolute Gasteiger partial charge is 0.388 e. The normalized spacial score (nSPS) is 10.7. The van der Waals surface area contributed by atoms with Gasteiger partial charge in [0.05, 0.1) is 5.69 Å². The highest BCUT2D eigenvalue weighted by molar-refractivity contribution is 5.48. The van der Waals surface area contributed by atoms with E-state index in [0.717, 1.165) is 17.7 Å². The molecular weight excluding hydrogens is 202 g/mol. The van der Waals surface area contributed by atoms with Crippen LogP contribution in [-0.4, -0.2) is 19.9 Å². The zero-order chi connectivity index (χ0) is 11.5. The van der Waals surface area contributed by atoms with Crippen LogP contribution in [0.4, 0.5) is 0 Å². The van der Waals surface area contributed by atoms with Gasteiger partial charge in [0.25, 0.3) is 0 Å². The van der Waals surface area contributed by atoms with Crippen molar-refractivity contribution in [3.8, 4) is 5.69 Å². The third-order valence-electron chi connectivity index (χ3n) is 2.70. The molecule has 1 heterocycles. The quantitative estimate of drug-likeness (QED) is 0.850. The second kappa shape index (κ2) is 4.45. The minimum atomic E-state index is -0.0997. The molecule has 0 aliphatic carbocycles. The molecule has 16 heavy (non-hydrogen) atoms. The number of aromatic nitrogens is 3. The van der Waals surface area contributed by atoms with Crippen LogP contribution in [0.5, 0.6) is 0 Å². The highest BCUT2D eigenvalue weighted by atomic mass is 16.3. The van der Waals surface area contributed by atoms with Gasteiger partial charge in [-0.05, 0) is 24.5 Å². The molecule has 0 fully saturated rings. The summed E-state index contributed by atoms with van der Waals surface area (Å²) in [6.45, 7) is 4.06. The summed E-state index contributed by atoms with van der Waals surface area (Å²) in [7, 11) is 0. The number of nitrogens with zero attached hydrogens (tertiary/aromatic N) is 3. The van der Waals surface area contributed by atoms with Gasteiger partial charge < -0.3 is 5.11 Å². The number of hydrogen-bond donors (Lipinski definition) is 1. The van der Waals surface area contributed by atoms with Crippen LogP contribution in [0.25, 0.3) is 5.69 Å². The van der Waals surface area contributed by atoms with Crippen molar-refractivity contribution in [3.63, 3.8) is 0 Å². The second-order valence-electron chi connectivity index (χ2n) is 3.71. The SMILES string of the molecule is CCc1cccc(C)c1-n1cnnc1CO. The first-order valence-electron chi connectivity index (χ1n) is 5.36. The van der Waals surface area contributed by atoms with Crippen molar-refractivity contribution in [2.45, 2.75) is 26.9 Å². The summed E-state index contributed by atoms with van der Waals surface area (Å²) < 4.78 is 1.86. The Hall–Kier alpha value is -1.68. The van der Waals surface area contributed by atoms with Gasteiger partial charge in [-0.3, -0.25) is 4.57 Å². The van der Waals surface area contributed by atoms with Crippen molar-refractivity contribution in [3.05, 3.63) is 41.5 Å². The standard InChI is InChI=1S/C12H15N3O/c1-3-10-6-4-5-9(2)12(10)15-8-13-14-11(15)7-16/h4-6,8,16H,3,7H2,1-2H3. The van der Waals surface area contributed by atoms with E-state index >= 15 is 0 Å². The maximum absolute atomic E-state index is 9.20. The van der Waals surface area contributed by atoms with E-state index in [4.69, 9.17) is 0 Å². The molecule has 0 saturated heterocycles. The van der Waals surface area contributed by atoms with Crippen LogP contribution in [0.2, 0.25) is 0 Å². The second-order valence-corrected chi connectivity index (χ2v) is 3.71. The Morgan fingerprint density at radius 2 is 2.19 bits per heavy atom. The Labute approximate surface area is 94.6 Å². The summed E-state index contributed by atoms with van der Waals surface area (Å²) in [4.78, 5) is 0. The average Bonchev–Trinajstić information content (AvgIpc) is 2.76. The molecule has 0 unspecified atom stereocenters. The molecule has 4 nitrogen and oxygen atoms in total. The molecule has 1 aromatic carbocycles. The van der Waals surface area contributed by atoms with E-state index < -0.39 is 0 Å². The van der Waals surface area contributed by atoms with Crippen molar-refractivity contribution >= 4 is 0 Å². The van der Waals surface area contributed by atoms with Crippen molar-refractivity contribution in [2.75, 3.05) is 0 Å². The van der Waals surface area contributed by atoms with Crippen LogP contribution in [0.3, 0.4) is 0 Å². The molecule has 4 heteroatoms. The number of benzene rings is 1. The summed E-state index contributed by atoms with van der Waals surface area (Å²) >= 11 is 0. The number of hydrogen-bond acceptors (Lipinski definition) is 3. The number of para-hydroxylation sites is 1. The van der Waals surface area contributed by atoms with E-state index in [1.807, 2.05) is 10.6 Å². The number of rotatable bonds is 3. The molecule has 0 atom stereocenters. The summed E-state index contributed by atoms with van der Waals surface area (Å²) in [5, 5.41) is 16.9. The maximum Gasteiger partial charge on any atom is 0.163 e. The van der Waals surface area contributed by atoms with Crippen molar-refractivity contribution < 1.29 is 5.11 Å². The lowest BCUT2D eigenvalue weighted by molar-refractivity contribution is 0.269. The molecule has 84 valence electrons. The van der Waals surface area contributed by atoms with Crippen molar-refractivity contribution in [1.29, 1.82) is 0 Å². The summed E-state index contributed by atoms with van der Waals surface area (Å²) in [6.07, 6.45) is 2.59. The third kappa shape index (κ3) is 1.72. The maximum atomic E-state index is 9.20. The molecule has 2 aromatic rings. The fraction of sp³-hybridized carbons (Fsp3) is 0.333. The molecule has 0 spiro atoms. The first-order valence-corrected chi connectivity index (χ1v) is 5.36. The van der Waals surface area contributed by atoms with E-state index in [9.17, 15) is 5.11 Å². The molecule has 0 bridgehead atoms. The van der Waals surface area contributed by atoms with Gasteiger partial charge in [-0.25, -0.2) is 0 Å². The molecule has 0 saturated carbocycles. The highest BCUT2D eigenvalue weighted by Gasteiger charge is 2.10. The van der Waals surface area contributed by atoms with E-state index in [-0.39, 0.29) is 6.61 Å². The van der Waals surface area contributed by atoms with E-state index in [1.165, 1.54) is 5.56 Å². The zero-order valence-electron chi connectivity index (χ0n) is 9.51. The molecule has 1 aromatic heterocycles. The van der Waals surface area contributed by atoms with Gasteiger partial charge in [-0.2, -0.15) is 0 Å². The van der Waals surface area contributed by atoms with Gasteiger partial charge in [-0.1, -0.05) is 25.1 Å². The molecular formula is C12H15N3O. The van der Waals surface area contributed by atoms with Gasteiger partial charge in [0.2, 0.25) is 0 Å². The van der Waals surface area contributed by atoms with Crippen molar-refractivity contribution in [2.24, 2.45) is 0 Å². The minimum absolute atomic E-state index is 0.0997. The first kappa shape index (κ1) is 10.8. The van der Waals surface area contributed by atoms with Crippen LogP contribution in [0, 0.1) is 6.92 Å². The van der Waals surface area contributed by atoms with Crippen LogP contribution in [0.15, 0.2) is 24.5 Å². The number of aryl methyl sites for hydroxylation is 2. The van der Waals surface area contributed by atoms with Gasteiger partial charge >= 0.3 is 0 Å². The monoisotopic (exact) mass is 217 g/mol. The smallest absolute Gasteiger partial charge is 0.163 e. The highest BCUT2D eigenvalue weighted by Crippen LogP contribution is 2.20. The van der Waals surface area contributed by atoms with Gasteiger partial charge in [0, 0.05) is 0 Å². The van der Waals surface area contributed by atoms with Crippen LogP contribution < -0.4 is 0 Å². The first-order chi connectivity index (χ1) is 7.77. The Bertz CT molecular complexity index is 491. The van der Waals surface area contributed by atoms with Crippen LogP contribution in [-0.2, 0) is 13.0 Å². The molecule has 0 amide bonds. The van der Waals surface area contributed by atoms with Crippen LogP contribution in [0.1, 0.15) is 23.9 Å². The van der Waals surface area contributed by atoms with Gasteiger partial charge in [-0.15, -0.1) is 10.2 Å². The molecule has 0 radical (unpaired) electrons. The lowest BCUT2D eigenvalue weighted by atomic mass is 10.1. The summed E-state index contributed by atoms with van der Waals surface area (Å²) in [5.74, 6) is 0.573. The topological polar surface area (TPSA) is 50.9 Å². The number of aliphatic hydroxyl groups excluding tert-OH is 1. The zero-order valence-corrected chi connectivity index (χ0v) is 9.51. The molecule has 2 rings (SSSR count). The predicted molar refractivity (Wildman–Crippen MR) is 61.4 cm³/mol.